The van der Waals surface area contributed by atoms with Crippen LogP contribution in [-0.2, 0) is 0 Å². The number of amides is 1. The molecule has 2 rings (SSSR count). The zero-order valence-electron chi connectivity index (χ0n) is 11.5. The third kappa shape index (κ3) is 3.46. The van der Waals surface area contributed by atoms with Crippen LogP contribution >= 0.6 is 0 Å². The highest BCUT2D eigenvalue weighted by Crippen LogP contribution is 2.36. The summed E-state index contributed by atoms with van der Waals surface area (Å²) in [6.07, 6.45) is 2.53. The Morgan fingerprint density at radius 3 is 2.84 bits per heavy atom. The van der Waals surface area contributed by atoms with E-state index in [0.717, 1.165) is 5.92 Å². The highest BCUT2D eigenvalue weighted by atomic mass is 19.1. The van der Waals surface area contributed by atoms with Crippen molar-refractivity contribution in [1.82, 2.24) is 5.32 Å². The van der Waals surface area contributed by atoms with E-state index in [1.807, 2.05) is 6.92 Å². The molecule has 1 aliphatic rings. The van der Waals surface area contributed by atoms with Gasteiger partial charge in [0, 0.05) is 13.1 Å². The first kappa shape index (κ1) is 13.8. The van der Waals surface area contributed by atoms with Crippen molar-refractivity contribution in [1.29, 1.82) is 0 Å². The standard InChI is InChI=1S/C15H21FN2O/c1-3-17-14-12(5-4-6-13(14)16)15(19)18-9-10(2)11-7-8-11/h4-6,10-11,17H,3,7-9H2,1-2H3,(H,18,19). The monoisotopic (exact) mass is 264 g/mol. The minimum Gasteiger partial charge on any atom is -0.382 e. The van der Waals surface area contributed by atoms with Crippen molar-refractivity contribution >= 4 is 11.6 Å². The lowest BCUT2D eigenvalue weighted by molar-refractivity contribution is 0.0947. The molecule has 1 amide bonds. The zero-order valence-corrected chi connectivity index (χ0v) is 11.5. The number of nitrogens with one attached hydrogen (secondary N) is 2. The Balaban J connectivity index is 2.03. The van der Waals surface area contributed by atoms with Crippen molar-refractivity contribution in [3.05, 3.63) is 29.6 Å². The number of carbonyl (C=O) groups excluding carboxylic acids is 1. The molecule has 0 bridgehead atoms. The van der Waals surface area contributed by atoms with Gasteiger partial charge in [0.05, 0.1) is 11.3 Å². The Bertz CT molecular complexity index is 457. The van der Waals surface area contributed by atoms with Crippen LogP contribution in [0.25, 0.3) is 0 Å². The van der Waals surface area contributed by atoms with E-state index in [0.29, 0.717) is 30.3 Å². The Hall–Kier alpha value is -1.58. The average Bonchev–Trinajstić information content (AvgIpc) is 3.22. The van der Waals surface area contributed by atoms with E-state index in [-0.39, 0.29) is 11.7 Å². The number of para-hydroxylation sites is 1. The zero-order chi connectivity index (χ0) is 13.8. The van der Waals surface area contributed by atoms with Crippen LogP contribution in [0.5, 0.6) is 0 Å². The van der Waals surface area contributed by atoms with Crippen LogP contribution < -0.4 is 10.6 Å². The maximum absolute atomic E-state index is 13.7. The van der Waals surface area contributed by atoms with Gasteiger partial charge in [-0.15, -0.1) is 0 Å². The van der Waals surface area contributed by atoms with Gasteiger partial charge in [0.2, 0.25) is 0 Å². The summed E-state index contributed by atoms with van der Waals surface area (Å²) in [7, 11) is 0. The molecule has 3 nitrogen and oxygen atoms in total. The quantitative estimate of drug-likeness (QED) is 0.829. The summed E-state index contributed by atoms with van der Waals surface area (Å²) in [6, 6.07) is 4.58. The fourth-order valence-electron chi connectivity index (χ4n) is 2.25. The Morgan fingerprint density at radius 2 is 2.21 bits per heavy atom. The topological polar surface area (TPSA) is 41.1 Å². The minimum atomic E-state index is -0.384. The second-order valence-electron chi connectivity index (χ2n) is 5.22. The first-order chi connectivity index (χ1) is 9.13. The fourth-order valence-corrected chi connectivity index (χ4v) is 2.25. The highest BCUT2D eigenvalue weighted by Gasteiger charge is 2.28. The van der Waals surface area contributed by atoms with E-state index in [4.69, 9.17) is 0 Å². The van der Waals surface area contributed by atoms with Gasteiger partial charge in [-0.3, -0.25) is 4.79 Å². The van der Waals surface area contributed by atoms with Crippen LogP contribution in [0.15, 0.2) is 18.2 Å². The summed E-state index contributed by atoms with van der Waals surface area (Å²) in [6.45, 7) is 5.27. The molecule has 19 heavy (non-hydrogen) atoms. The van der Waals surface area contributed by atoms with Gasteiger partial charge in [-0.1, -0.05) is 13.0 Å². The molecule has 1 aromatic carbocycles. The van der Waals surface area contributed by atoms with Gasteiger partial charge in [-0.25, -0.2) is 4.39 Å². The number of rotatable bonds is 6. The van der Waals surface area contributed by atoms with E-state index in [1.165, 1.54) is 18.9 Å². The lowest BCUT2D eigenvalue weighted by Crippen LogP contribution is -2.29. The molecule has 0 heterocycles. The lowest BCUT2D eigenvalue weighted by atomic mass is 10.1. The molecule has 1 saturated carbocycles. The summed E-state index contributed by atoms with van der Waals surface area (Å²) in [4.78, 5) is 12.1. The molecule has 0 radical (unpaired) electrons. The Kier molecular flexibility index (Phi) is 4.40. The molecule has 4 heteroatoms. The van der Waals surface area contributed by atoms with Crippen LogP contribution in [0.1, 0.15) is 37.0 Å². The van der Waals surface area contributed by atoms with Crippen LogP contribution in [0.4, 0.5) is 10.1 Å². The minimum absolute atomic E-state index is 0.206. The van der Waals surface area contributed by atoms with E-state index < -0.39 is 0 Å². The average molecular weight is 264 g/mol. The first-order valence-electron chi connectivity index (χ1n) is 6.94. The smallest absolute Gasteiger partial charge is 0.253 e. The number of carbonyl (C=O) groups is 1. The summed E-state index contributed by atoms with van der Waals surface area (Å²) < 4.78 is 13.7. The van der Waals surface area contributed by atoms with Crippen molar-refractivity contribution in [2.24, 2.45) is 11.8 Å². The van der Waals surface area contributed by atoms with Crippen molar-refractivity contribution in [3.8, 4) is 0 Å². The molecule has 1 unspecified atom stereocenters. The third-order valence-electron chi connectivity index (χ3n) is 3.62. The van der Waals surface area contributed by atoms with Crippen molar-refractivity contribution in [2.75, 3.05) is 18.4 Å². The molecule has 1 aliphatic carbocycles. The predicted octanol–water partition coefficient (Wildman–Crippen LogP) is 3.03. The van der Waals surface area contributed by atoms with Crippen LogP contribution in [0.3, 0.4) is 0 Å². The largest absolute Gasteiger partial charge is 0.382 e. The molecule has 1 fully saturated rings. The molecule has 0 aromatic heterocycles. The van der Waals surface area contributed by atoms with Crippen molar-refractivity contribution in [3.63, 3.8) is 0 Å². The van der Waals surface area contributed by atoms with Gasteiger partial charge in [0.25, 0.3) is 5.91 Å². The van der Waals surface area contributed by atoms with Gasteiger partial charge >= 0.3 is 0 Å². The number of benzene rings is 1. The maximum atomic E-state index is 13.7. The summed E-state index contributed by atoms with van der Waals surface area (Å²) >= 11 is 0. The van der Waals surface area contributed by atoms with E-state index in [9.17, 15) is 9.18 Å². The highest BCUT2D eigenvalue weighted by molar-refractivity contribution is 5.99. The predicted molar refractivity (Wildman–Crippen MR) is 74.8 cm³/mol. The molecular formula is C15H21FN2O. The molecule has 1 atom stereocenters. The van der Waals surface area contributed by atoms with Gasteiger partial charge < -0.3 is 10.6 Å². The Morgan fingerprint density at radius 1 is 1.47 bits per heavy atom. The molecule has 104 valence electrons. The van der Waals surface area contributed by atoms with Crippen molar-refractivity contribution in [2.45, 2.75) is 26.7 Å². The molecule has 2 N–H and O–H groups in total. The maximum Gasteiger partial charge on any atom is 0.253 e. The third-order valence-corrected chi connectivity index (χ3v) is 3.62. The number of anilines is 1. The summed E-state index contributed by atoms with van der Waals surface area (Å²) in [5.41, 5.74) is 0.673. The number of halogens is 1. The number of hydrogen-bond acceptors (Lipinski definition) is 2. The summed E-state index contributed by atoms with van der Waals surface area (Å²) in [5, 5.41) is 5.81. The fraction of sp³-hybridized carbons (Fsp3) is 0.533. The lowest BCUT2D eigenvalue weighted by Gasteiger charge is -2.14. The van der Waals surface area contributed by atoms with Crippen LogP contribution in [-0.4, -0.2) is 19.0 Å². The SMILES string of the molecule is CCNc1c(F)cccc1C(=O)NCC(C)C1CC1. The van der Waals surface area contributed by atoms with Crippen molar-refractivity contribution < 1.29 is 9.18 Å². The number of hydrogen-bond donors (Lipinski definition) is 2. The van der Waals surface area contributed by atoms with Gasteiger partial charge in [-0.05, 0) is 43.7 Å². The second kappa shape index (κ2) is 6.04. The van der Waals surface area contributed by atoms with Gasteiger partial charge in [0.15, 0.2) is 0 Å². The van der Waals surface area contributed by atoms with Crippen LogP contribution in [0.2, 0.25) is 0 Å². The molecule has 1 aromatic rings. The molecule has 0 spiro atoms. The van der Waals surface area contributed by atoms with E-state index in [2.05, 4.69) is 17.6 Å². The normalized spacial score (nSPS) is 15.9. The molecular weight excluding hydrogens is 243 g/mol. The Labute approximate surface area is 113 Å². The molecule has 0 saturated heterocycles. The summed E-state index contributed by atoms with van der Waals surface area (Å²) in [5.74, 6) is 0.661. The first-order valence-corrected chi connectivity index (χ1v) is 6.94. The van der Waals surface area contributed by atoms with Gasteiger partial charge in [0.1, 0.15) is 5.82 Å². The second-order valence-corrected chi connectivity index (χ2v) is 5.22. The van der Waals surface area contributed by atoms with Gasteiger partial charge in [-0.2, -0.15) is 0 Å². The van der Waals surface area contributed by atoms with E-state index in [1.54, 1.807) is 12.1 Å². The van der Waals surface area contributed by atoms with E-state index >= 15 is 0 Å². The van der Waals surface area contributed by atoms with Crippen LogP contribution in [0, 0.1) is 17.7 Å². The molecule has 0 aliphatic heterocycles.